The zero-order valence-corrected chi connectivity index (χ0v) is 12.9. The van der Waals surface area contributed by atoms with Crippen molar-refractivity contribution >= 4 is 11.6 Å². The zero-order valence-electron chi connectivity index (χ0n) is 12.9. The number of amides is 1. The Morgan fingerprint density at radius 1 is 1.38 bits per heavy atom. The summed E-state index contributed by atoms with van der Waals surface area (Å²) in [5, 5.41) is 0. The summed E-state index contributed by atoms with van der Waals surface area (Å²) < 4.78 is 5.53. The summed E-state index contributed by atoms with van der Waals surface area (Å²) in [5.41, 5.74) is 6.36. The maximum absolute atomic E-state index is 12.2. The lowest BCUT2D eigenvalue weighted by atomic mass is 10.0. The van der Waals surface area contributed by atoms with E-state index in [-0.39, 0.29) is 12.5 Å². The number of benzene rings is 1. The van der Waals surface area contributed by atoms with Crippen LogP contribution in [0.4, 0.5) is 5.69 Å². The van der Waals surface area contributed by atoms with Crippen molar-refractivity contribution in [3.63, 3.8) is 0 Å². The minimum atomic E-state index is 0.00759. The molecule has 1 aromatic carbocycles. The molecule has 1 saturated heterocycles. The largest absolute Gasteiger partial charge is 0.482 e. The van der Waals surface area contributed by atoms with E-state index in [1.165, 1.54) is 0 Å². The summed E-state index contributed by atoms with van der Waals surface area (Å²) in [6, 6.07) is 7.56. The molecule has 0 aliphatic carbocycles. The summed E-state index contributed by atoms with van der Waals surface area (Å²) in [7, 11) is 1.87. The van der Waals surface area contributed by atoms with Gasteiger partial charge in [-0.1, -0.05) is 19.1 Å². The first-order chi connectivity index (χ1) is 10.1. The molecule has 1 amide bonds. The van der Waals surface area contributed by atoms with E-state index in [1.54, 1.807) is 12.1 Å². The van der Waals surface area contributed by atoms with Gasteiger partial charge in [-0.2, -0.15) is 0 Å². The molecule has 1 aliphatic heterocycles. The van der Waals surface area contributed by atoms with Crippen LogP contribution in [0.25, 0.3) is 0 Å². The van der Waals surface area contributed by atoms with E-state index in [0.29, 0.717) is 17.5 Å². The molecule has 0 atom stereocenters. The molecule has 0 bridgehead atoms. The molecule has 2 N–H and O–H groups in total. The molecule has 0 saturated carbocycles. The Kier molecular flexibility index (Phi) is 5.44. The van der Waals surface area contributed by atoms with Gasteiger partial charge in [0.25, 0.3) is 5.91 Å². The number of likely N-dealkylation sites (N-methyl/N-ethyl adjacent to an activating group) is 1. The monoisotopic (exact) mass is 291 g/mol. The number of hydrogen-bond donors (Lipinski definition) is 1. The second kappa shape index (κ2) is 7.31. The van der Waals surface area contributed by atoms with Crippen molar-refractivity contribution in [3.8, 4) is 5.75 Å². The van der Waals surface area contributed by atoms with Gasteiger partial charge in [0.1, 0.15) is 5.75 Å². The van der Waals surface area contributed by atoms with Gasteiger partial charge in [0, 0.05) is 26.2 Å². The average molecular weight is 291 g/mol. The highest BCUT2D eigenvalue weighted by atomic mass is 16.5. The summed E-state index contributed by atoms with van der Waals surface area (Å²) in [4.78, 5) is 16.5. The van der Waals surface area contributed by atoms with Crippen LogP contribution in [0.2, 0.25) is 0 Å². The molecular weight excluding hydrogens is 266 g/mol. The third-order valence-electron chi connectivity index (χ3n) is 4.22. The van der Waals surface area contributed by atoms with Crippen LogP contribution >= 0.6 is 0 Å². The second-order valence-electron chi connectivity index (χ2n) is 5.50. The van der Waals surface area contributed by atoms with Crippen LogP contribution in [0.3, 0.4) is 0 Å². The van der Waals surface area contributed by atoms with Crippen molar-refractivity contribution in [2.75, 3.05) is 39.0 Å². The second-order valence-corrected chi connectivity index (χ2v) is 5.50. The third-order valence-corrected chi connectivity index (χ3v) is 4.22. The summed E-state index contributed by atoms with van der Waals surface area (Å²) in [6.45, 7) is 5.42. The molecule has 0 radical (unpaired) electrons. The molecule has 2 rings (SSSR count). The third kappa shape index (κ3) is 4.11. The molecule has 1 heterocycles. The van der Waals surface area contributed by atoms with Gasteiger partial charge in [-0.05, 0) is 31.5 Å². The van der Waals surface area contributed by atoms with Gasteiger partial charge in [0.05, 0.1) is 5.69 Å². The molecule has 5 nitrogen and oxygen atoms in total. The minimum absolute atomic E-state index is 0.00759. The molecule has 0 spiro atoms. The van der Waals surface area contributed by atoms with E-state index in [4.69, 9.17) is 10.5 Å². The Hall–Kier alpha value is -1.75. The standard InChI is InChI=1S/C16H25N3O2/c1-3-19-10-8-13(9-11-19)18(2)16(20)12-21-15-7-5-4-6-14(15)17/h4-7,13H,3,8-12,17H2,1-2H3. The average Bonchev–Trinajstić information content (AvgIpc) is 2.53. The number of hydrogen-bond acceptors (Lipinski definition) is 4. The number of carbonyl (C=O) groups excluding carboxylic acids is 1. The Balaban J connectivity index is 1.82. The Morgan fingerprint density at radius 3 is 2.67 bits per heavy atom. The predicted molar refractivity (Wildman–Crippen MR) is 84.3 cm³/mol. The van der Waals surface area contributed by atoms with Crippen LogP contribution in [0.5, 0.6) is 5.75 Å². The lowest BCUT2D eigenvalue weighted by Crippen LogP contribution is -2.46. The molecule has 0 aromatic heterocycles. The number of nitrogens with two attached hydrogens (primary N) is 1. The van der Waals surface area contributed by atoms with Crippen molar-refractivity contribution < 1.29 is 9.53 Å². The number of piperidine rings is 1. The summed E-state index contributed by atoms with van der Waals surface area (Å²) in [5.74, 6) is 0.577. The lowest BCUT2D eigenvalue weighted by molar-refractivity contribution is -0.135. The normalized spacial score (nSPS) is 16.7. The SMILES string of the molecule is CCN1CCC(N(C)C(=O)COc2ccccc2N)CC1. The van der Waals surface area contributed by atoms with E-state index in [0.717, 1.165) is 32.5 Å². The molecule has 116 valence electrons. The van der Waals surface area contributed by atoms with Crippen molar-refractivity contribution in [1.82, 2.24) is 9.80 Å². The van der Waals surface area contributed by atoms with Gasteiger partial charge < -0.3 is 20.3 Å². The first-order valence-electron chi connectivity index (χ1n) is 7.57. The van der Waals surface area contributed by atoms with Crippen molar-refractivity contribution in [3.05, 3.63) is 24.3 Å². The lowest BCUT2D eigenvalue weighted by Gasteiger charge is -2.36. The smallest absolute Gasteiger partial charge is 0.260 e. The molecule has 1 aromatic rings. The van der Waals surface area contributed by atoms with Crippen molar-refractivity contribution in [2.45, 2.75) is 25.8 Å². The number of rotatable bonds is 5. The van der Waals surface area contributed by atoms with Gasteiger partial charge in [-0.3, -0.25) is 4.79 Å². The van der Waals surface area contributed by atoms with E-state index >= 15 is 0 Å². The van der Waals surface area contributed by atoms with Gasteiger partial charge in [-0.25, -0.2) is 0 Å². The van der Waals surface area contributed by atoms with E-state index in [9.17, 15) is 4.79 Å². The number of anilines is 1. The highest BCUT2D eigenvalue weighted by molar-refractivity contribution is 5.78. The van der Waals surface area contributed by atoms with Crippen molar-refractivity contribution in [1.29, 1.82) is 0 Å². The van der Waals surface area contributed by atoms with Gasteiger partial charge in [0.2, 0.25) is 0 Å². The Bertz CT molecular complexity index is 470. The molecular formula is C16H25N3O2. The van der Waals surface area contributed by atoms with Crippen LogP contribution in [0.1, 0.15) is 19.8 Å². The summed E-state index contributed by atoms with van der Waals surface area (Å²) >= 11 is 0. The minimum Gasteiger partial charge on any atom is -0.482 e. The van der Waals surface area contributed by atoms with Crippen LogP contribution in [-0.2, 0) is 4.79 Å². The maximum atomic E-state index is 12.2. The van der Waals surface area contributed by atoms with E-state index in [1.807, 2.05) is 24.1 Å². The van der Waals surface area contributed by atoms with Gasteiger partial charge in [-0.15, -0.1) is 0 Å². The fraction of sp³-hybridized carbons (Fsp3) is 0.562. The van der Waals surface area contributed by atoms with Crippen molar-refractivity contribution in [2.24, 2.45) is 0 Å². The van der Waals surface area contributed by atoms with Crippen LogP contribution < -0.4 is 10.5 Å². The topological polar surface area (TPSA) is 58.8 Å². The number of likely N-dealkylation sites (tertiary alicyclic amines) is 1. The zero-order chi connectivity index (χ0) is 15.2. The highest BCUT2D eigenvalue weighted by Crippen LogP contribution is 2.20. The number of para-hydroxylation sites is 2. The Morgan fingerprint density at radius 2 is 2.05 bits per heavy atom. The number of nitrogens with zero attached hydrogens (tertiary/aromatic N) is 2. The maximum Gasteiger partial charge on any atom is 0.260 e. The molecule has 5 heteroatoms. The van der Waals surface area contributed by atoms with Gasteiger partial charge >= 0.3 is 0 Å². The highest BCUT2D eigenvalue weighted by Gasteiger charge is 2.24. The fourth-order valence-electron chi connectivity index (χ4n) is 2.68. The molecule has 21 heavy (non-hydrogen) atoms. The Labute approximate surface area is 126 Å². The predicted octanol–water partition coefficient (Wildman–Crippen LogP) is 1.59. The number of carbonyl (C=O) groups is 1. The number of ether oxygens (including phenoxy) is 1. The van der Waals surface area contributed by atoms with Crippen LogP contribution in [0, 0.1) is 0 Å². The van der Waals surface area contributed by atoms with E-state index in [2.05, 4.69) is 11.8 Å². The molecule has 1 fully saturated rings. The summed E-state index contributed by atoms with van der Waals surface area (Å²) in [6.07, 6.45) is 2.06. The van der Waals surface area contributed by atoms with Crippen LogP contribution in [-0.4, -0.2) is 55.0 Å². The van der Waals surface area contributed by atoms with E-state index < -0.39 is 0 Å². The molecule has 0 unspecified atom stereocenters. The number of nitrogen functional groups attached to an aromatic ring is 1. The van der Waals surface area contributed by atoms with Gasteiger partial charge in [0.15, 0.2) is 6.61 Å². The first-order valence-corrected chi connectivity index (χ1v) is 7.57. The molecule has 1 aliphatic rings. The fourth-order valence-corrected chi connectivity index (χ4v) is 2.68. The van der Waals surface area contributed by atoms with Crippen LogP contribution in [0.15, 0.2) is 24.3 Å². The first kappa shape index (κ1) is 15.6. The quantitative estimate of drug-likeness (QED) is 0.837.